The first kappa shape index (κ1) is 13.4. The average Bonchev–Trinajstić information content (AvgIpc) is 2.81. The first-order valence-electron chi connectivity index (χ1n) is 6.44. The number of likely N-dealkylation sites (tertiary alicyclic amines) is 1. The maximum absolute atomic E-state index is 12.5. The van der Waals surface area contributed by atoms with Gasteiger partial charge in [0.2, 0.25) is 0 Å². The summed E-state index contributed by atoms with van der Waals surface area (Å²) in [7, 11) is 0. The number of alkyl halides is 3. The van der Waals surface area contributed by atoms with Crippen molar-refractivity contribution in [2.45, 2.75) is 31.9 Å². The smallest absolute Gasteiger partial charge is 0.303 e. The maximum atomic E-state index is 12.5. The van der Waals surface area contributed by atoms with E-state index in [4.69, 9.17) is 0 Å². The monoisotopic (exact) mass is 257 g/mol. The molecule has 0 bridgehead atoms. The third-order valence-electron chi connectivity index (χ3n) is 3.39. The molecule has 1 aromatic rings. The predicted molar refractivity (Wildman–Crippen MR) is 65.4 cm³/mol. The van der Waals surface area contributed by atoms with Crippen molar-refractivity contribution in [2.75, 3.05) is 19.6 Å². The zero-order chi connectivity index (χ0) is 13.0. The molecule has 0 aromatic heterocycles. The van der Waals surface area contributed by atoms with Gasteiger partial charge in [-0.2, -0.15) is 13.2 Å². The number of hydrogen-bond donors (Lipinski definition) is 0. The summed E-state index contributed by atoms with van der Waals surface area (Å²) in [5.41, 5.74) is 0.241. The van der Waals surface area contributed by atoms with Gasteiger partial charge in [-0.05, 0) is 56.9 Å². The largest absolute Gasteiger partial charge is 0.416 e. The summed E-state index contributed by atoms with van der Waals surface area (Å²) in [6.45, 7) is 3.28. The second-order valence-electron chi connectivity index (χ2n) is 4.85. The fourth-order valence-corrected chi connectivity index (χ4v) is 2.42. The molecule has 2 rings (SSSR count). The Labute approximate surface area is 106 Å². The van der Waals surface area contributed by atoms with Crippen LogP contribution in [0.4, 0.5) is 13.2 Å². The number of aryl methyl sites for hydroxylation is 1. The van der Waals surface area contributed by atoms with Crippen molar-refractivity contribution in [1.29, 1.82) is 0 Å². The molecule has 1 aromatic carbocycles. The van der Waals surface area contributed by atoms with E-state index in [9.17, 15) is 13.2 Å². The minimum absolute atomic E-state index is 0.541. The molecule has 0 saturated carbocycles. The number of benzene rings is 1. The van der Waals surface area contributed by atoms with Gasteiger partial charge in [-0.3, -0.25) is 0 Å². The Bertz CT molecular complexity index is 381. The Hall–Kier alpha value is -1.03. The Kier molecular flexibility index (Phi) is 4.27. The van der Waals surface area contributed by atoms with Crippen molar-refractivity contribution < 1.29 is 13.2 Å². The lowest BCUT2D eigenvalue weighted by molar-refractivity contribution is -0.137. The van der Waals surface area contributed by atoms with Crippen LogP contribution in [0.2, 0.25) is 0 Å². The molecule has 0 aliphatic carbocycles. The zero-order valence-corrected chi connectivity index (χ0v) is 10.3. The lowest BCUT2D eigenvalue weighted by atomic mass is 10.1. The molecule has 1 aliphatic heterocycles. The summed E-state index contributed by atoms with van der Waals surface area (Å²) in [6.07, 6.45) is -0.0696. The van der Waals surface area contributed by atoms with Crippen LogP contribution in [0, 0.1) is 0 Å². The zero-order valence-electron chi connectivity index (χ0n) is 10.3. The Morgan fingerprint density at radius 1 is 1.11 bits per heavy atom. The van der Waals surface area contributed by atoms with Gasteiger partial charge in [0.1, 0.15) is 0 Å². The van der Waals surface area contributed by atoms with Crippen LogP contribution < -0.4 is 0 Å². The SMILES string of the molecule is FC(F)(F)c1cccc(CCCN2CCCC2)c1. The van der Waals surface area contributed by atoms with Gasteiger partial charge < -0.3 is 4.90 Å². The van der Waals surface area contributed by atoms with Crippen LogP contribution in [-0.4, -0.2) is 24.5 Å². The van der Waals surface area contributed by atoms with Crippen LogP contribution in [0.15, 0.2) is 24.3 Å². The van der Waals surface area contributed by atoms with E-state index in [0.29, 0.717) is 0 Å². The predicted octanol–water partition coefficient (Wildman–Crippen LogP) is 3.73. The molecule has 0 N–H and O–H groups in total. The topological polar surface area (TPSA) is 3.24 Å². The van der Waals surface area contributed by atoms with Gasteiger partial charge in [0.05, 0.1) is 5.56 Å². The molecular formula is C14H18F3N. The van der Waals surface area contributed by atoms with Gasteiger partial charge in [0.15, 0.2) is 0 Å². The Morgan fingerprint density at radius 3 is 2.50 bits per heavy atom. The fraction of sp³-hybridized carbons (Fsp3) is 0.571. The van der Waals surface area contributed by atoms with E-state index in [1.165, 1.54) is 25.0 Å². The van der Waals surface area contributed by atoms with Crippen LogP contribution in [0.3, 0.4) is 0 Å². The molecule has 4 heteroatoms. The molecule has 0 radical (unpaired) electrons. The number of rotatable bonds is 4. The summed E-state index contributed by atoms with van der Waals surface area (Å²) in [6, 6.07) is 5.67. The van der Waals surface area contributed by atoms with E-state index in [2.05, 4.69) is 4.90 Å². The molecule has 1 fully saturated rings. The van der Waals surface area contributed by atoms with Crippen molar-refractivity contribution in [1.82, 2.24) is 4.90 Å². The molecule has 18 heavy (non-hydrogen) atoms. The third-order valence-corrected chi connectivity index (χ3v) is 3.39. The van der Waals surface area contributed by atoms with E-state index in [0.717, 1.165) is 44.1 Å². The third kappa shape index (κ3) is 3.73. The Balaban J connectivity index is 1.85. The number of hydrogen-bond acceptors (Lipinski definition) is 1. The Morgan fingerprint density at radius 2 is 1.83 bits per heavy atom. The van der Waals surface area contributed by atoms with Gasteiger partial charge in [0.25, 0.3) is 0 Å². The molecular weight excluding hydrogens is 239 g/mol. The van der Waals surface area contributed by atoms with E-state index >= 15 is 0 Å². The average molecular weight is 257 g/mol. The summed E-state index contributed by atoms with van der Waals surface area (Å²) in [5.74, 6) is 0. The second kappa shape index (κ2) is 5.74. The molecule has 100 valence electrons. The van der Waals surface area contributed by atoms with Crippen molar-refractivity contribution in [3.8, 4) is 0 Å². The summed E-state index contributed by atoms with van der Waals surface area (Å²) >= 11 is 0. The number of halogens is 3. The van der Waals surface area contributed by atoms with Crippen LogP contribution in [0.25, 0.3) is 0 Å². The minimum atomic E-state index is -4.23. The highest BCUT2D eigenvalue weighted by molar-refractivity contribution is 5.25. The standard InChI is InChI=1S/C14H18F3N/c15-14(16,17)13-7-3-5-12(11-13)6-4-10-18-8-1-2-9-18/h3,5,7,11H,1-2,4,6,8-10H2. The quantitative estimate of drug-likeness (QED) is 0.794. The summed E-state index contributed by atoms with van der Waals surface area (Å²) < 4.78 is 37.6. The molecule has 1 aliphatic rings. The minimum Gasteiger partial charge on any atom is -0.303 e. The van der Waals surface area contributed by atoms with Crippen LogP contribution in [-0.2, 0) is 12.6 Å². The second-order valence-corrected chi connectivity index (χ2v) is 4.85. The van der Waals surface area contributed by atoms with Crippen LogP contribution in [0.1, 0.15) is 30.4 Å². The first-order chi connectivity index (χ1) is 8.55. The van der Waals surface area contributed by atoms with E-state index in [-0.39, 0.29) is 0 Å². The molecule has 1 saturated heterocycles. The van der Waals surface area contributed by atoms with Gasteiger partial charge >= 0.3 is 6.18 Å². The highest BCUT2D eigenvalue weighted by Crippen LogP contribution is 2.29. The normalized spacial score (nSPS) is 17.3. The van der Waals surface area contributed by atoms with E-state index in [1.54, 1.807) is 6.07 Å². The van der Waals surface area contributed by atoms with Gasteiger partial charge in [-0.1, -0.05) is 18.2 Å². The highest BCUT2D eigenvalue weighted by atomic mass is 19.4. The van der Waals surface area contributed by atoms with Gasteiger partial charge in [-0.15, -0.1) is 0 Å². The first-order valence-corrected chi connectivity index (χ1v) is 6.44. The molecule has 0 atom stereocenters. The van der Waals surface area contributed by atoms with E-state index in [1.807, 2.05) is 0 Å². The maximum Gasteiger partial charge on any atom is 0.416 e. The summed E-state index contributed by atoms with van der Waals surface area (Å²) in [5, 5.41) is 0. The number of nitrogens with zero attached hydrogens (tertiary/aromatic N) is 1. The van der Waals surface area contributed by atoms with Gasteiger partial charge in [0, 0.05) is 0 Å². The highest BCUT2D eigenvalue weighted by Gasteiger charge is 2.30. The molecule has 0 amide bonds. The van der Waals surface area contributed by atoms with Crippen molar-refractivity contribution in [2.24, 2.45) is 0 Å². The summed E-state index contributed by atoms with van der Waals surface area (Å²) in [4.78, 5) is 2.38. The van der Waals surface area contributed by atoms with Gasteiger partial charge in [-0.25, -0.2) is 0 Å². The molecule has 0 unspecified atom stereocenters. The molecule has 1 nitrogen and oxygen atoms in total. The van der Waals surface area contributed by atoms with E-state index < -0.39 is 11.7 Å². The van der Waals surface area contributed by atoms with Crippen LogP contribution in [0.5, 0.6) is 0 Å². The molecule has 1 heterocycles. The fourth-order valence-electron chi connectivity index (χ4n) is 2.42. The van der Waals surface area contributed by atoms with Crippen molar-refractivity contribution in [3.63, 3.8) is 0 Å². The van der Waals surface area contributed by atoms with Crippen molar-refractivity contribution in [3.05, 3.63) is 35.4 Å². The van der Waals surface area contributed by atoms with Crippen molar-refractivity contribution >= 4 is 0 Å². The lowest BCUT2D eigenvalue weighted by Crippen LogP contribution is -2.20. The molecule has 0 spiro atoms. The van der Waals surface area contributed by atoms with Crippen LogP contribution >= 0.6 is 0 Å². The lowest BCUT2D eigenvalue weighted by Gasteiger charge is -2.14.